The van der Waals surface area contributed by atoms with Crippen LogP contribution in [0.2, 0.25) is 5.02 Å². The van der Waals surface area contributed by atoms with Gasteiger partial charge in [-0.1, -0.05) is 41.6 Å². The second-order valence-corrected chi connectivity index (χ2v) is 8.88. The van der Waals surface area contributed by atoms with Gasteiger partial charge in [-0.05, 0) is 48.9 Å². The van der Waals surface area contributed by atoms with Crippen LogP contribution in [0.25, 0.3) is 16.6 Å². The number of aryl methyl sites for hydroxylation is 1. The van der Waals surface area contributed by atoms with E-state index in [1.807, 2.05) is 31.2 Å². The second-order valence-electron chi connectivity index (χ2n) is 7.50. The van der Waals surface area contributed by atoms with Gasteiger partial charge in [0.25, 0.3) is 11.2 Å². The normalized spacial score (nSPS) is 10.9. The lowest BCUT2D eigenvalue weighted by molar-refractivity contribution is -0.384. The van der Waals surface area contributed by atoms with Gasteiger partial charge in [0.05, 0.1) is 27.3 Å². The van der Waals surface area contributed by atoms with Crippen molar-refractivity contribution in [3.63, 3.8) is 0 Å². The van der Waals surface area contributed by atoms with Gasteiger partial charge in [0.1, 0.15) is 0 Å². The summed E-state index contributed by atoms with van der Waals surface area (Å²) in [6, 6.07) is 18.1. The molecular formula is C24H19ClN4O4S. The van der Waals surface area contributed by atoms with Crippen molar-refractivity contribution in [2.75, 3.05) is 17.7 Å². The van der Waals surface area contributed by atoms with Crippen LogP contribution in [-0.2, 0) is 4.79 Å². The average Bonchev–Trinajstić information content (AvgIpc) is 2.82. The first-order valence-corrected chi connectivity index (χ1v) is 11.5. The number of anilines is 1. The monoisotopic (exact) mass is 494 g/mol. The number of fused-ring (bicyclic) bond motifs is 1. The van der Waals surface area contributed by atoms with Crippen molar-refractivity contribution in [2.24, 2.45) is 0 Å². The van der Waals surface area contributed by atoms with Gasteiger partial charge in [-0.25, -0.2) is 4.98 Å². The molecular weight excluding hydrogens is 476 g/mol. The molecule has 10 heteroatoms. The fraction of sp³-hybridized carbons (Fsp3) is 0.125. The molecule has 0 radical (unpaired) electrons. The number of halogens is 1. The lowest BCUT2D eigenvalue weighted by atomic mass is 10.2. The van der Waals surface area contributed by atoms with Crippen LogP contribution >= 0.6 is 23.4 Å². The molecule has 0 spiro atoms. The summed E-state index contributed by atoms with van der Waals surface area (Å²) in [7, 11) is 1.59. The molecule has 0 atom stereocenters. The molecule has 0 fully saturated rings. The fourth-order valence-electron chi connectivity index (χ4n) is 3.43. The first kappa shape index (κ1) is 23.5. The maximum Gasteiger partial charge on any atom is 0.269 e. The molecule has 0 aliphatic carbocycles. The molecule has 4 rings (SSSR count). The predicted molar refractivity (Wildman–Crippen MR) is 134 cm³/mol. The van der Waals surface area contributed by atoms with E-state index in [4.69, 9.17) is 11.6 Å². The molecule has 172 valence electrons. The van der Waals surface area contributed by atoms with E-state index in [0.29, 0.717) is 32.5 Å². The Balaban J connectivity index is 1.68. The van der Waals surface area contributed by atoms with Gasteiger partial charge in [-0.2, -0.15) is 0 Å². The highest BCUT2D eigenvalue weighted by molar-refractivity contribution is 7.99. The summed E-state index contributed by atoms with van der Waals surface area (Å²) in [6.45, 7) is 1.90. The molecule has 0 saturated heterocycles. The van der Waals surface area contributed by atoms with Crippen LogP contribution in [-0.4, -0.2) is 33.2 Å². The summed E-state index contributed by atoms with van der Waals surface area (Å²) in [4.78, 5) is 42.7. The minimum absolute atomic E-state index is 0.00210. The number of aromatic nitrogens is 2. The number of thioether (sulfide) groups is 1. The van der Waals surface area contributed by atoms with Crippen molar-refractivity contribution in [2.45, 2.75) is 12.1 Å². The van der Waals surface area contributed by atoms with Crippen LogP contribution in [0.15, 0.2) is 76.7 Å². The Morgan fingerprint density at radius 1 is 1.15 bits per heavy atom. The summed E-state index contributed by atoms with van der Waals surface area (Å²) in [5, 5.41) is 12.1. The predicted octanol–water partition coefficient (Wildman–Crippen LogP) is 5.01. The summed E-state index contributed by atoms with van der Waals surface area (Å²) in [5.74, 6) is -0.256. The van der Waals surface area contributed by atoms with Crippen LogP contribution < -0.4 is 10.5 Å². The van der Waals surface area contributed by atoms with Gasteiger partial charge in [-0.3, -0.25) is 24.3 Å². The summed E-state index contributed by atoms with van der Waals surface area (Å²) >= 11 is 7.25. The topological polar surface area (TPSA) is 98.3 Å². The van der Waals surface area contributed by atoms with Crippen molar-refractivity contribution in [1.82, 2.24) is 9.55 Å². The van der Waals surface area contributed by atoms with Crippen molar-refractivity contribution in [1.29, 1.82) is 0 Å². The lowest BCUT2D eigenvalue weighted by Gasteiger charge is -2.18. The molecule has 34 heavy (non-hydrogen) atoms. The molecule has 1 heterocycles. The Morgan fingerprint density at radius 2 is 1.85 bits per heavy atom. The molecule has 0 aliphatic heterocycles. The van der Waals surface area contributed by atoms with Gasteiger partial charge in [-0.15, -0.1) is 0 Å². The van der Waals surface area contributed by atoms with E-state index in [1.165, 1.54) is 33.7 Å². The van der Waals surface area contributed by atoms with E-state index in [0.717, 1.165) is 17.3 Å². The third-order valence-corrected chi connectivity index (χ3v) is 6.46. The molecule has 0 unspecified atom stereocenters. The Kier molecular flexibility index (Phi) is 6.67. The second kappa shape index (κ2) is 9.66. The highest BCUT2D eigenvalue weighted by atomic mass is 35.5. The van der Waals surface area contributed by atoms with Crippen molar-refractivity contribution < 1.29 is 9.72 Å². The van der Waals surface area contributed by atoms with Crippen LogP contribution in [0.5, 0.6) is 0 Å². The van der Waals surface area contributed by atoms with Gasteiger partial charge >= 0.3 is 0 Å². The number of nitrogens with zero attached hydrogens (tertiary/aromatic N) is 4. The SMILES string of the molecule is Cc1ccccc1-n1c(SCC(=O)N(C)c2ccc([N+](=O)[O-])cc2)nc2cc(Cl)ccc2c1=O. The molecule has 0 aliphatic rings. The number of hydrogen-bond acceptors (Lipinski definition) is 6. The zero-order valence-electron chi connectivity index (χ0n) is 18.3. The number of rotatable bonds is 6. The first-order valence-electron chi connectivity index (χ1n) is 10.2. The molecule has 0 N–H and O–H groups in total. The Morgan fingerprint density at radius 3 is 2.53 bits per heavy atom. The van der Waals surface area contributed by atoms with Gasteiger partial charge < -0.3 is 4.90 Å². The number of carbonyl (C=O) groups excluding carboxylic acids is 1. The number of amides is 1. The number of nitro benzene ring substituents is 1. The summed E-state index contributed by atoms with van der Waals surface area (Å²) < 4.78 is 1.51. The van der Waals surface area contributed by atoms with Gasteiger partial charge in [0.2, 0.25) is 5.91 Å². The molecule has 4 aromatic rings. The zero-order chi connectivity index (χ0) is 24.4. The summed E-state index contributed by atoms with van der Waals surface area (Å²) in [5.41, 5.74) is 2.22. The summed E-state index contributed by atoms with van der Waals surface area (Å²) in [6.07, 6.45) is 0. The fourth-order valence-corrected chi connectivity index (χ4v) is 4.51. The van der Waals surface area contributed by atoms with E-state index in [9.17, 15) is 19.7 Å². The van der Waals surface area contributed by atoms with E-state index in [2.05, 4.69) is 4.98 Å². The van der Waals surface area contributed by atoms with Crippen LogP contribution in [0, 0.1) is 17.0 Å². The Bertz CT molecular complexity index is 1470. The van der Waals surface area contributed by atoms with Crippen molar-refractivity contribution in [3.05, 3.63) is 97.8 Å². The number of benzene rings is 3. The van der Waals surface area contributed by atoms with Gasteiger partial charge in [0.15, 0.2) is 5.16 Å². The molecule has 1 amide bonds. The van der Waals surface area contributed by atoms with Crippen molar-refractivity contribution >= 4 is 51.5 Å². The largest absolute Gasteiger partial charge is 0.315 e. The van der Waals surface area contributed by atoms with Crippen LogP contribution in [0.4, 0.5) is 11.4 Å². The maximum atomic E-state index is 13.4. The Labute approximate surface area is 203 Å². The smallest absolute Gasteiger partial charge is 0.269 e. The van der Waals surface area contributed by atoms with Crippen molar-refractivity contribution in [3.8, 4) is 5.69 Å². The Hall–Kier alpha value is -3.69. The maximum absolute atomic E-state index is 13.4. The molecule has 3 aromatic carbocycles. The van der Waals surface area contributed by atoms with Crippen LogP contribution in [0.3, 0.4) is 0 Å². The number of non-ortho nitro benzene ring substituents is 1. The minimum Gasteiger partial charge on any atom is -0.315 e. The number of nitro groups is 1. The van der Waals surface area contributed by atoms with E-state index in [-0.39, 0.29) is 22.9 Å². The average molecular weight is 495 g/mol. The highest BCUT2D eigenvalue weighted by Crippen LogP contribution is 2.26. The number of hydrogen-bond donors (Lipinski definition) is 0. The number of carbonyl (C=O) groups is 1. The quantitative estimate of drug-likeness (QED) is 0.162. The highest BCUT2D eigenvalue weighted by Gasteiger charge is 2.18. The lowest BCUT2D eigenvalue weighted by Crippen LogP contribution is -2.29. The molecule has 1 aromatic heterocycles. The minimum atomic E-state index is -0.496. The van der Waals surface area contributed by atoms with Gasteiger partial charge in [0, 0.05) is 29.9 Å². The third kappa shape index (κ3) is 4.66. The molecule has 8 nitrogen and oxygen atoms in total. The van der Waals surface area contributed by atoms with E-state index >= 15 is 0 Å². The van der Waals surface area contributed by atoms with E-state index < -0.39 is 4.92 Å². The van der Waals surface area contributed by atoms with Crippen LogP contribution in [0.1, 0.15) is 5.56 Å². The standard InChI is InChI=1S/C24H19ClN4O4S/c1-15-5-3-4-6-21(15)28-23(31)19-12-7-16(25)13-20(19)26-24(28)34-14-22(30)27(2)17-8-10-18(11-9-17)29(32)33/h3-13H,14H2,1-2H3. The zero-order valence-corrected chi connectivity index (χ0v) is 19.8. The van der Waals surface area contributed by atoms with E-state index in [1.54, 1.807) is 25.2 Å². The number of para-hydroxylation sites is 1. The molecule has 0 bridgehead atoms. The molecule has 0 saturated carbocycles. The first-order chi connectivity index (χ1) is 16.3. The third-order valence-electron chi connectivity index (χ3n) is 5.30.